The number of methoxy groups -OCH3 is 1. The molecule has 1 atom stereocenters. The van der Waals surface area contributed by atoms with Crippen LogP contribution in [0.4, 0.5) is 0 Å². The van der Waals surface area contributed by atoms with Gasteiger partial charge in [0.05, 0.1) is 12.1 Å². The first-order chi connectivity index (χ1) is 5.51. The molecule has 0 aliphatic carbocycles. The third-order valence-electron chi connectivity index (χ3n) is 2.71. The minimum Gasteiger partial charge on any atom is -0.383 e. The Morgan fingerprint density at radius 1 is 1.42 bits per heavy atom. The topological polar surface area (TPSA) is 38.5 Å². The molecule has 0 saturated carbocycles. The van der Waals surface area contributed by atoms with Gasteiger partial charge >= 0.3 is 0 Å². The first-order valence-electron chi connectivity index (χ1n) is 4.37. The highest BCUT2D eigenvalue weighted by Crippen LogP contribution is 2.21. The summed E-state index contributed by atoms with van der Waals surface area (Å²) in [6.45, 7) is 5.66. The van der Waals surface area contributed by atoms with Gasteiger partial charge in [-0.05, 0) is 20.0 Å². The van der Waals surface area contributed by atoms with Crippen LogP contribution >= 0.6 is 0 Å². The zero-order valence-corrected chi connectivity index (χ0v) is 8.92. The molecule has 0 aromatic heterocycles. The standard InChI is InChI=1S/C9H22N2O/c1-8(2)9(6-10,7-12-5)11(3)4/h8H,6-7,10H2,1-5H3. The van der Waals surface area contributed by atoms with E-state index in [0.29, 0.717) is 19.1 Å². The van der Waals surface area contributed by atoms with Crippen molar-refractivity contribution in [1.82, 2.24) is 4.90 Å². The highest BCUT2D eigenvalue weighted by molar-refractivity contribution is 4.91. The molecule has 0 amide bonds. The van der Waals surface area contributed by atoms with Gasteiger partial charge in [0.1, 0.15) is 0 Å². The van der Waals surface area contributed by atoms with Gasteiger partial charge in [-0.2, -0.15) is 0 Å². The van der Waals surface area contributed by atoms with E-state index in [9.17, 15) is 0 Å². The van der Waals surface area contributed by atoms with Gasteiger partial charge in [-0.15, -0.1) is 0 Å². The van der Waals surface area contributed by atoms with E-state index in [-0.39, 0.29) is 5.54 Å². The molecular weight excluding hydrogens is 152 g/mol. The quantitative estimate of drug-likeness (QED) is 0.661. The van der Waals surface area contributed by atoms with Crippen molar-refractivity contribution in [1.29, 1.82) is 0 Å². The number of nitrogens with zero attached hydrogens (tertiary/aromatic N) is 1. The van der Waals surface area contributed by atoms with Crippen LogP contribution in [0.3, 0.4) is 0 Å². The normalized spacial score (nSPS) is 17.0. The van der Waals surface area contributed by atoms with Gasteiger partial charge in [-0.1, -0.05) is 13.8 Å². The molecule has 0 aliphatic rings. The lowest BCUT2D eigenvalue weighted by Gasteiger charge is -2.42. The summed E-state index contributed by atoms with van der Waals surface area (Å²) in [5.74, 6) is 0.498. The molecule has 3 heteroatoms. The van der Waals surface area contributed by atoms with Gasteiger partial charge in [-0.25, -0.2) is 0 Å². The van der Waals surface area contributed by atoms with E-state index in [4.69, 9.17) is 10.5 Å². The molecule has 0 saturated heterocycles. The van der Waals surface area contributed by atoms with Gasteiger partial charge < -0.3 is 15.4 Å². The highest BCUT2D eigenvalue weighted by atomic mass is 16.5. The predicted molar refractivity (Wildman–Crippen MR) is 52.2 cm³/mol. The van der Waals surface area contributed by atoms with Crippen LogP contribution in [0.1, 0.15) is 13.8 Å². The second-order valence-electron chi connectivity index (χ2n) is 3.79. The summed E-state index contributed by atoms with van der Waals surface area (Å²) in [5.41, 5.74) is 5.75. The Morgan fingerprint density at radius 2 is 1.92 bits per heavy atom. The van der Waals surface area contributed by atoms with Crippen molar-refractivity contribution in [3.8, 4) is 0 Å². The second-order valence-corrected chi connectivity index (χ2v) is 3.79. The maximum atomic E-state index is 5.77. The molecule has 0 rings (SSSR count). The molecule has 3 nitrogen and oxygen atoms in total. The van der Waals surface area contributed by atoms with Crippen LogP contribution in [0.25, 0.3) is 0 Å². The number of hydrogen-bond acceptors (Lipinski definition) is 3. The third kappa shape index (κ3) is 2.19. The van der Waals surface area contributed by atoms with E-state index < -0.39 is 0 Å². The molecule has 12 heavy (non-hydrogen) atoms. The minimum absolute atomic E-state index is 0.0191. The van der Waals surface area contributed by atoms with Crippen molar-refractivity contribution < 1.29 is 4.74 Å². The lowest BCUT2D eigenvalue weighted by atomic mass is 9.86. The zero-order valence-electron chi connectivity index (χ0n) is 8.92. The molecule has 0 heterocycles. The molecule has 0 aromatic carbocycles. The van der Waals surface area contributed by atoms with E-state index >= 15 is 0 Å². The monoisotopic (exact) mass is 174 g/mol. The van der Waals surface area contributed by atoms with Crippen LogP contribution in [-0.4, -0.2) is 44.8 Å². The van der Waals surface area contributed by atoms with Gasteiger partial charge in [0.25, 0.3) is 0 Å². The van der Waals surface area contributed by atoms with Crippen molar-refractivity contribution in [2.45, 2.75) is 19.4 Å². The summed E-state index contributed by atoms with van der Waals surface area (Å²) in [4.78, 5) is 2.15. The van der Waals surface area contributed by atoms with Crippen molar-refractivity contribution in [2.24, 2.45) is 11.7 Å². The SMILES string of the molecule is COCC(CN)(C(C)C)N(C)C. The number of ether oxygens (including phenoxy) is 1. The molecule has 0 spiro atoms. The molecule has 0 aliphatic heterocycles. The van der Waals surface area contributed by atoms with Crippen LogP contribution in [0.2, 0.25) is 0 Å². The van der Waals surface area contributed by atoms with Gasteiger partial charge in [0.15, 0.2) is 0 Å². The Morgan fingerprint density at radius 3 is 2.00 bits per heavy atom. The second kappa shape index (κ2) is 4.80. The van der Waals surface area contributed by atoms with Gasteiger partial charge in [0, 0.05) is 13.7 Å². The van der Waals surface area contributed by atoms with Crippen molar-refractivity contribution in [3.63, 3.8) is 0 Å². The van der Waals surface area contributed by atoms with Crippen LogP contribution in [0.5, 0.6) is 0 Å². The number of nitrogens with two attached hydrogens (primary N) is 1. The fraction of sp³-hybridized carbons (Fsp3) is 1.00. The summed E-state index contributed by atoms with van der Waals surface area (Å²) in [5, 5.41) is 0. The Bertz CT molecular complexity index is 116. The first kappa shape index (κ1) is 11.9. The highest BCUT2D eigenvalue weighted by Gasteiger charge is 2.34. The number of likely N-dealkylation sites (N-methyl/N-ethyl adjacent to an activating group) is 1. The van der Waals surface area contributed by atoms with Crippen LogP contribution in [0, 0.1) is 5.92 Å². The average Bonchev–Trinajstić information content (AvgIpc) is 1.98. The van der Waals surface area contributed by atoms with Crippen LogP contribution in [-0.2, 0) is 4.74 Å². The predicted octanol–water partition coefficient (Wildman–Crippen LogP) is 0.548. The molecule has 2 N–H and O–H groups in total. The van der Waals surface area contributed by atoms with Crippen molar-refractivity contribution in [3.05, 3.63) is 0 Å². The largest absolute Gasteiger partial charge is 0.383 e. The fourth-order valence-electron chi connectivity index (χ4n) is 1.54. The van der Waals surface area contributed by atoms with Crippen LogP contribution < -0.4 is 5.73 Å². The van der Waals surface area contributed by atoms with E-state index in [1.54, 1.807) is 7.11 Å². The lowest BCUT2D eigenvalue weighted by molar-refractivity contribution is 0.0135. The Kier molecular flexibility index (Phi) is 4.75. The maximum Gasteiger partial charge on any atom is 0.0661 e. The molecule has 0 aromatic rings. The Hall–Kier alpha value is -0.120. The molecule has 0 radical (unpaired) electrons. The summed E-state index contributed by atoms with van der Waals surface area (Å²) in [6.07, 6.45) is 0. The third-order valence-corrected chi connectivity index (χ3v) is 2.71. The molecule has 0 fully saturated rings. The lowest BCUT2D eigenvalue weighted by Crippen LogP contribution is -2.57. The number of rotatable bonds is 5. The number of hydrogen-bond donors (Lipinski definition) is 1. The minimum atomic E-state index is -0.0191. The smallest absolute Gasteiger partial charge is 0.0661 e. The van der Waals surface area contributed by atoms with E-state index in [0.717, 1.165) is 0 Å². The summed E-state index contributed by atoms with van der Waals surface area (Å²) in [6, 6.07) is 0. The maximum absolute atomic E-state index is 5.77. The molecule has 0 bridgehead atoms. The fourth-order valence-corrected chi connectivity index (χ4v) is 1.54. The summed E-state index contributed by atoms with van der Waals surface area (Å²) in [7, 11) is 5.81. The van der Waals surface area contributed by atoms with Gasteiger partial charge in [0.2, 0.25) is 0 Å². The van der Waals surface area contributed by atoms with Crippen LogP contribution in [0.15, 0.2) is 0 Å². The molecule has 74 valence electrons. The van der Waals surface area contributed by atoms with E-state index in [1.165, 1.54) is 0 Å². The molecular formula is C9H22N2O. The zero-order chi connectivity index (χ0) is 9.78. The first-order valence-corrected chi connectivity index (χ1v) is 4.37. The van der Waals surface area contributed by atoms with Crippen molar-refractivity contribution in [2.75, 3.05) is 34.4 Å². The average molecular weight is 174 g/mol. The van der Waals surface area contributed by atoms with E-state index in [2.05, 4.69) is 18.7 Å². The molecule has 1 unspecified atom stereocenters. The van der Waals surface area contributed by atoms with Crippen molar-refractivity contribution >= 4 is 0 Å². The summed E-state index contributed by atoms with van der Waals surface area (Å²) < 4.78 is 5.20. The van der Waals surface area contributed by atoms with Gasteiger partial charge in [-0.3, -0.25) is 0 Å². The van der Waals surface area contributed by atoms with E-state index in [1.807, 2.05) is 14.1 Å². The Labute approximate surface area is 75.9 Å². The summed E-state index contributed by atoms with van der Waals surface area (Å²) >= 11 is 0. The Balaban J connectivity index is 4.51.